The molecule has 0 amide bonds. The topological polar surface area (TPSA) is 18.5 Å². The standard InChI is InChI=1S/C16H14O2/c1-2-5-11(6-3-1)13-9-14(13)12-7-4-8-15-16(12)18-10-17-15/h1-8,13-14H,9-10H2. The molecule has 1 aliphatic carbocycles. The van der Waals surface area contributed by atoms with Crippen molar-refractivity contribution >= 4 is 0 Å². The van der Waals surface area contributed by atoms with E-state index in [2.05, 4.69) is 42.5 Å². The Morgan fingerprint density at radius 2 is 1.72 bits per heavy atom. The second-order valence-electron chi connectivity index (χ2n) is 4.94. The van der Waals surface area contributed by atoms with Crippen LogP contribution in [0.2, 0.25) is 0 Å². The van der Waals surface area contributed by atoms with Gasteiger partial charge in [0, 0.05) is 5.56 Å². The lowest BCUT2D eigenvalue weighted by atomic mass is 10.0. The molecule has 2 aliphatic rings. The summed E-state index contributed by atoms with van der Waals surface area (Å²) in [5.41, 5.74) is 2.73. The highest BCUT2D eigenvalue weighted by Gasteiger charge is 2.42. The Morgan fingerprint density at radius 3 is 2.61 bits per heavy atom. The Morgan fingerprint density at radius 1 is 0.833 bits per heavy atom. The van der Waals surface area contributed by atoms with Gasteiger partial charge in [-0.15, -0.1) is 0 Å². The van der Waals surface area contributed by atoms with Crippen molar-refractivity contribution in [3.63, 3.8) is 0 Å². The summed E-state index contributed by atoms with van der Waals surface area (Å²) in [4.78, 5) is 0. The Kier molecular flexibility index (Phi) is 2.10. The van der Waals surface area contributed by atoms with E-state index >= 15 is 0 Å². The van der Waals surface area contributed by atoms with Gasteiger partial charge in [-0.2, -0.15) is 0 Å². The van der Waals surface area contributed by atoms with E-state index in [1.54, 1.807) is 0 Å². The average molecular weight is 238 g/mol. The first-order valence-electron chi connectivity index (χ1n) is 6.37. The molecule has 1 aliphatic heterocycles. The molecular formula is C16H14O2. The summed E-state index contributed by atoms with van der Waals surface area (Å²) in [6, 6.07) is 16.9. The molecule has 18 heavy (non-hydrogen) atoms. The SMILES string of the molecule is c1ccc(C2CC2c2cccc3c2OCO3)cc1. The molecule has 1 saturated carbocycles. The Balaban J connectivity index is 1.66. The van der Waals surface area contributed by atoms with Crippen LogP contribution in [0.25, 0.3) is 0 Å². The van der Waals surface area contributed by atoms with Crippen molar-refractivity contribution in [2.24, 2.45) is 0 Å². The highest BCUT2D eigenvalue weighted by molar-refractivity contribution is 5.53. The van der Waals surface area contributed by atoms with Crippen LogP contribution in [0.3, 0.4) is 0 Å². The predicted molar refractivity (Wildman–Crippen MR) is 69.1 cm³/mol. The van der Waals surface area contributed by atoms with Gasteiger partial charge in [-0.3, -0.25) is 0 Å². The third-order valence-corrected chi connectivity index (χ3v) is 3.84. The molecule has 2 aromatic carbocycles. The van der Waals surface area contributed by atoms with Crippen LogP contribution in [0.15, 0.2) is 48.5 Å². The van der Waals surface area contributed by atoms with Crippen molar-refractivity contribution in [1.29, 1.82) is 0 Å². The molecule has 0 saturated heterocycles. The third kappa shape index (κ3) is 1.49. The summed E-state index contributed by atoms with van der Waals surface area (Å²) in [7, 11) is 0. The third-order valence-electron chi connectivity index (χ3n) is 3.84. The maximum absolute atomic E-state index is 5.59. The largest absolute Gasteiger partial charge is 0.454 e. The van der Waals surface area contributed by atoms with E-state index < -0.39 is 0 Å². The van der Waals surface area contributed by atoms with Crippen molar-refractivity contribution in [2.75, 3.05) is 6.79 Å². The molecule has 2 aromatic rings. The monoisotopic (exact) mass is 238 g/mol. The van der Waals surface area contributed by atoms with Gasteiger partial charge in [0.15, 0.2) is 11.5 Å². The highest BCUT2D eigenvalue weighted by atomic mass is 16.7. The van der Waals surface area contributed by atoms with Gasteiger partial charge in [-0.25, -0.2) is 0 Å². The molecule has 90 valence electrons. The van der Waals surface area contributed by atoms with Gasteiger partial charge in [0.25, 0.3) is 0 Å². The zero-order valence-corrected chi connectivity index (χ0v) is 10.0. The van der Waals surface area contributed by atoms with Gasteiger partial charge >= 0.3 is 0 Å². The second kappa shape index (κ2) is 3.77. The number of para-hydroxylation sites is 1. The van der Waals surface area contributed by atoms with Crippen LogP contribution >= 0.6 is 0 Å². The van der Waals surface area contributed by atoms with Gasteiger partial charge in [-0.05, 0) is 29.9 Å². The minimum Gasteiger partial charge on any atom is -0.454 e. The maximum atomic E-state index is 5.59. The van der Waals surface area contributed by atoms with Crippen LogP contribution in [0.1, 0.15) is 29.4 Å². The van der Waals surface area contributed by atoms with E-state index in [-0.39, 0.29) is 0 Å². The van der Waals surface area contributed by atoms with Crippen LogP contribution in [-0.2, 0) is 0 Å². The number of rotatable bonds is 2. The van der Waals surface area contributed by atoms with E-state index in [9.17, 15) is 0 Å². The van der Waals surface area contributed by atoms with Crippen molar-refractivity contribution in [3.05, 3.63) is 59.7 Å². The van der Waals surface area contributed by atoms with E-state index in [0.717, 1.165) is 11.5 Å². The van der Waals surface area contributed by atoms with Crippen molar-refractivity contribution < 1.29 is 9.47 Å². The smallest absolute Gasteiger partial charge is 0.231 e. The van der Waals surface area contributed by atoms with Crippen molar-refractivity contribution in [2.45, 2.75) is 18.3 Å². The number of benzene rings is 2. The van der Waals surface area contributed by atoms with Gasteiger partial charge in [0.1, 0.15) is 0 Å². The van der Waals surface area contributed by atoms with Gasteiger partial charge in [-0.1, -0.05) is 42.5 Å². The van der Waals surface area contributed by atoms with Crippen molar-refractivity contribution in [3.8, 4) is 11.5 Å². The van der Waals surface area contributed by atoms with Crippen LogP contribution in [0, 0.1) is 0 Å². The fourth-order valence-electron chi connectivity index (χ4n) is 2.85. The molecule has 2 unspecified atom stereocenters. The Labute approximate surface area is 106 Å². The highest BCUT2D eigenvalue weighted by Crippen LogP contribution is 2.58. The minimum atomic E-state index is 0.356. The van der Waals surface area contributed by atoms with Crippen LogP contribution in [0.5, 0.6) is 11.5 Å². The molecule has 0 spiro atoms. The molecule has 0 aromatic heterocycles. The zero-order valence-electron chi connectivity index (χ0n) is 10.0. The average Bonchev–Trinajstić information content (AvgIpc) is 3.08. The number of hydrogen-bond acceptors (Lipinski definition) is 2. The first kappa shape index (κ1) is 10.0. The summed E-state index contributed by atoms with van der Waals surface area (Å²) in [5, 5.41) is 0. The van der Waals surface area contributed by atoms with Gasteiger partial charge < -0.3 is 9.47 Å². The molecule has 0 bridgehead atoms. The Bertz CT molecular complexity index is 577. The molecular weight excluding hydrogens is 224 g/mol. The summed E-state index contributed by atoms with van der Waals surface area (Å²) in [5.74, 6) is 3.08. The lowest BCUT2D eigenvalue weighted by Gasteiger charge is -2.05. The molecule has 2 nitrogen and oxygen atoms in total. The molecule has 2 heteroatoms. The predicted octanol–water partition coefficient (Wildman–Crippen LogP) is 3.69. The zero-order chi connectivity index (χ0) is 11.9. The summed E-state index contributed by atoms with van der Waals surface area (Å²) in [6.45, 7) is 0.356. The fraction of sp³-hybridized carbons (Fsp3) is 0.250. The van der Waals surface area contributed by atoms with E-state index in [1.807, 2.05) is 6.07 Å². The molecule has 0 radical (unpaired) electrons. The van der Waals surface area contributed by atoms with Crippen LogP contribution in [-0.4, -0.2) is 6.79 Å². The summed E-state index contributed by atoms with van der Waals surface area (Å²) in [6.07, 6.45) is 1.21. The molecule has 0 N–H and O–H groups in total. The quantitative estimate of drug-likeness (QED) is 0.794. The maximum Gasteiger partial charge on any atom is 0.231 e. The normalized spacial score (nSPS) is 24.0. The number of hydrogen-bond donors (Lipinski definition) is 0. The van der Waals surface area contributed by atoms with E-state index in [0.29, 0.717) is 18.6 Å². The van der Waals surface area contributed by atoms with E-state index in [1.165, 1.54) is 17.5 Å². The first-order chi connectivity index (χ1) is 8.93. The van der Waals surface area contributed by atoms with Crippen LogP contribution < -0.4 is 9.47 Å². The molecule has 4 rings (SSSR count). The number of fused-ring (bicyclic) bond motifs is 1. The fourth-order valence-corrected chi connectivity index (χ4v) is 2.85. The molecule has 2 atom stereocenters. The lowest BCUT2D eigenvalue weighted by molar-refractivity contribution is 0.173. The number of ether oxygens (including phenoxy) is 2. The van der Waals surface area contributed by atoms with Crippen molar-refractivity contribution in [1.82, 2.24) is 0 Å². The van der Waals surface area contributed by atoms with Gasteiger partial charge in [0.2, 0.25) is 6.79 Å². The van der Waals surface area contributed by atoms with E-state index in [4.69, 9.17) is 9.47 Å². The van der Waals surface area contributed by atoms with Gasteiger partial charge in [0.05, 0.1) is 0 Å². The summed E-state index contributed by atoms with van der Waals surface area (Å²) >= 11 is 0. The second-order valence-corrected chi connectivity index (χ2v) is 4.94. The lowest BCUT2D eigenvalue weighted by Crippen LogP contribution is -1.94. The molecule has 1 fully saturated rings. The Hall–Kier alpha value is -1.96. The van der Waals surface area contributed by atoms with Crippen LogP contribution in [0.4, 0.5) is 0 Å². The molecule has 1 heterocycles. The minimum absolute atomic E-state index is 0.356. The first-order valence-corrected chi connectivity index (χ1v) is 6.37. The summed E-state index contributed by atoms with van der Waals surface area (Å²) < 4.78 is 11.0.